The Kier molecular flexibility index (Phi) is 2.70. The van der Waals surface area contributed by atoms with Crippen LogP contribution in [0.25, 0.3) is 11.0 Å². The summed E-state index contributed by atoms with van der Waals surface area (Å²) in [6.07, 6.45) is 4.69. The van der Waals surface area contributed by atoms with Crippen molar-refractivity contribution in [2.75, 3.05) is 5.32 Å². The van der Waals surface area contributed by atoms with Gasteiger partial charge in [-0.2, -0.15) is 5.10 Å². The molecule has 1 saturated carbocycles. The van der Waals surface area contributed by atoms with Gasteiger partial charge in [0.1, 0.15) is 5.56 Å². The first-order valence-corrected chi connectivity index (χ1v) is 6.75. The number of nitrogens with zero attached hydrogens (tertiary/aromatic N) is 3. The number of fused-ring (bicyclic) bond motifs is 1. The lowest BCUT2D eigenvalue weighted by molar-refractivity contribution is 0.0697. The van der Waals surface area contributed by atoms with Gasteiger partial charge < -0.3 is 10.4 Å². The van der Waals surface area contributed by atoms with E-state index in [9.17, 15) is 9.90 Å². The van der Waals surface area contributed by atoms with Crippen LogP contribution in [0, 0.1) is 6.92 Å². The number of carbonyl (C=O) groups is 1. The number of carboxylic acid groups (broad SMARTS) is 1. The lowest BCUT2D eigenvalue weighted by atomic mass is 9.78. The highest BCUT2D eigenvalue weighted by atomic mass is 16.4. The number of pyridine rings is 1. The number of rotatable bonds is 3. The Morgan fingerprint density at radius 1 is 1.50 bits per heavy atom. The molecule has 1 aliphatic rings. The zero-order chi connectivity index (χ0) is 14.5. The van der Waals surface area contributed by atoms with Crippen LogP contribution in [0.4, 0.5) is 5.69 Å². The molecule has 20 heavy (non-hydrogen) atoms. The van der Waals surface area contributed by atoms with E-state index in [0.29, 0.717) is 11.3 Å². The zero-order valence-corrected chi connectivity index (χ0v) is 11.9. The van der Waals surface area contributed by atoms with Crippen molar-refractivity contribution in [2.45, 2.75) is 38.6 Å². The van der Waals surface area contributed by atoms with Gasteiger partial charge in [0.05, 0.1) is 16.8 Å². The third-order valence-electron chi connectivity index (χ3n) is 4.14. The quantitative estimate of drug-likeness (QED) is 0.898. The van der Waals surface area contributed by atoms with Crippen molar-refractivity contribution in [3.05, 3.63) is 17.5 Å². The van der Waals surface area contributed by atoms with E-state index in [0.717, 1.165) is 23.9 Å². The van der Waals surface area contributed by atoms with Crippen molar-refractivity contribution in [1.82, 2.24) is 14.8 Å². The first-order chi connectivity index (χ1) is 9.41. The topological polar surface area (TPSA) is 80.0 Å². The molecular formula is C14H18N4O2. The molecule has 0 unspecified atom stereocenters. The molecule has 0 spiro atoms. The summed E-state index contributed by atoms with van der Waals surface area (Å²) in [7, 11) is 1.82. The number of nitrogens with one attached hydrogen (secondary N) is 1. The van der Waals surface area contributed by atoms with Crippen LogP contribution in [0.2, 0.25) is 0 Å². The maximum Gasteiger partial charge on any atom is 0.339 e. The predicted octanol–water partition coefficient (Wildman–Crippen LogP) is 2.33. The van der Waals surface area contributed by atoms with Crippen LogP contribution in [0.5, 0.6) is 0 Å². The number of anilines is 1. The van der Waals surface area contributed by atoms with E-state index in [2.05, 4.69) is 22.3 Å². The van der Waals surface area contributed by atoms with Crippen molar-refractivity contribution in [1.29, 1.82) is 0 Å². The highest BCUT2D eigenvalue weighted by Gasteiger charge is 2.34. The molecule has 3 rings (SSSR count). The maximum absolute atomic E-state index is 11.5. The molecule has 6 nitrogen and oxygen atoms in total. The largest absolute Gasteiger partial charge is 0.478 e. The van der Waals surface area contributed by atoms with Gasteiger partial charge in [0.25, 0.3) is 0 Å². The Labute approximate surface area is 116 Å². The van der Waals surface area contributed by atoms with E-state index in [1.807, 2.05) is 14.0 Å². The fourth-order valence-electron chi connectivity index (χ4n) is 2.84. The molecule has 2 heterocycles. The second-order valence-electron chi connectivity index (χ2n) is 5.80. The summed E-state index contributed by atoms with van der Waals surface area (Å²) in [5.41, 5.74) is 2.33. The molecule has 0 atom stereocenters. The molecule has 2 aromatic rings. The van der Waals surface area contributed by atoms with Gasteiger partial charge in [-0.3, -0.25) is 4.68 Å². The molecule has 2 N–H and O–H groups in total. The Morgan fingerprint density at radius 3 is 2.75 bits per heavy atom. The van der Waals surface area contributed by atoms with Crippen molar-refractivity contribution < 1.29 is 9.90 Å². The first kappa shape index (κ1) is 12.9. The van der Waals surface area contributed by atoms with E-state index in [1.54, 1.807) is 4.68 Å². The van der Waals surface area contributed by atoms with E-state index < -0.39 is 5.97 Å². The van der Waals surface area contributed by atoms with E-state index in [-0.39, 0.29) is 11.1 Å². The Bertz CT molecular complexity index is 701. The van der Waals surface area contributed by atoms with Crippen LogP contribution in [-0.4, -0.2) is 31.4 Å². The number of hydrogen-bond acceptors (Lipinski definition) is 4. The molecule has 0 amide bonds. The molecule has 2 aromatic heterocycles. The number of aromatic nitrogens is 3. The minimum absolute atomic E-state index is 0.0270. The number of aryl methyl sites for hydroxylation is 2. The van der Waals surface area contributed by atoms with Gasteiger partial charge in [-0.05, 0) is 33.1 Å². The Balaban J connectivity index is 2.23. The van der Waals surface area contributed by atoms with E-state index in [4.69, 9.17) is 0 Å². The normalized spacial score (nSPS) is 16.9. The van der Waals surface area contributed by atoms with Crippen LogP contribution in [0.1, 0.15) is 42.2 Å². The molecule has 1 aliphatic carbocycles. The van der Waals surface area contributed by atoms with E-state index in [1.165, 1.54) is 12.6 Å². The highest BCUT2D eigenvalue weighted by molar-refractivity contribution is 6.04. The SMILES string of the molecule is Cc1nn(C)c2ncc(C(=O)O)c(NC3(C)CCC3)c12. The van der Waals surface area contributed by atoms with Crippen LogP contribution >= 0.6 is 0 Å². The molecule has 6 heteroatoms. The van der Waals surface area contributed by atoms with Crippen molar-refractivity contribution in [3.8, 4) is 0 Å². The van der Waals surface area contributed by atoms with Crippen LogP contribution in [0.3, 0.4) is 0 Å². The Morgan fingerprint density at radius 2 is 2.20 bits per heavy atom. The third kappa shape index (κ3) is 1.83. The summed E-state index contributed by atoms with van der Waals surface area (Å²) in [6.45, 7) is 4.00. The summed E-state index contributed by atoms with van der Waals surface area (Å²) in [4.78, 5) is 15.7. The van der Waals surface area contributed by atoms with Gasteiger partial charge >= 0.3 is 5.97 Å². The lowest BCUT2D eigenvalue weighted by Crippen LogP contribution is -2.42. The fourth-order valence-corrected chi connectivity index (χ4v) is 2.84. The van der Waals surface area contributed by atoms with E-state index >= 15 is 0 Å². The minimum atomic E-state index is -0.965. The summed E-state index contributed by atoms with van der Waals surface area (Å²) in [5.74, 6) is -0.965. The standard InChI is InChI=1S/C14H18N4O2/c1-8-10-11(16-14(2)5-4-6-14)9(13(19)20)7-15-12(10)18(3)17-8/h7H,4-6H2,1-3H3,(H,15,16)(H,19,20). The third-order valence-corrected chi connectivity index (χ3v) is 4.14. The molecule has 106 valence electrons. The first-order valence-electron chi connectivity index (χ1n) is 6.75. The molecule has 1 fully saturated rings. The maximum atomic E-state index is 11.5. The monoisotopic (exact) mass is 274 g/mol. The van der Waals surface area contributed by atoms with Gasteiger partial charge in [0.2, 0.25) is 0 Å². The fraction of sp³-hybridized carbons (Fsp3) is 0.500. The summed E-state index contributed by atoms with van der Waals surface area (Å²) < 4.78 is 1.69. The molecule has 0 saturated heterocycles. The number of hydrogen-bond donors (Lipinski definition) is 2. The van der Waals surface area contributed by atoms with Crippen LogP contribution in [0.15, 0.2) is 6.20 Å². The highest BCUT2D eigenvalue weighted by Crippen LogP contribution is 2.38. The van der Waals surface area contributed by atoms with Gasteiger partial charge in [-0.1, -0.05) is 0 Å². The average molecular weight is 274 g/mol. The predicted molar refractivity (Wildman–Crippen MR) is 76.1 cm³/mol. The molecule has 0 aliphatic heterocycles. The summed E-state index contributed by atoms with van der Waals surface area (Å²) in [5, 5.41) is 18.0. The molecule has 0 radical (unpaired) electrons. The Hall–Kier alpha value is -2.11. The summed E-state index contributed by atoms with van der Waals surface area (Å²) in [6, 6.07) is 0. The van der Waals surface area contributed by atoms with Gasteiger partial charge in [0.15, 0.2) is 5.65 Å². The van der Waals surface area contributed by atoms with Gasteiger partial charge in [-0.15, -0.1) is 0 Å². The second-order valence-corrected chi connectivity index (χ2v) is 5.80. The minimum Gasteiger partial charge on any atom is -0.478 e. The van der Waals surface area contributed by atoms with Crippen LogP contribution < -0.4 is 5.32 Å². The molecule has 0 bridgehead atoms. The van der Waals surface area contributed by atoms with Crippen molar-refractivity contribution in [2.24, 2.45) is 7.05 Å². The van der Waals surface area contributed by atoms with Crippen LogP contribution in [-0.2, 0) is 7.05 Å². The number of carboxylic acids is 1. The molecular weight excluding hydrogens is 256 g/mol. The van der Waals surface area contributed by atoms with Gasteiger partial charge in [-0.25, -0.2) is 9.78 Å². The average Bonchev–Trinajstić information content (AvgIpc) is 2.63. The molecule has 0 aromatic carbocycles. The van der Waals surface area contributed by atoms with Crippen molar-refractivity contribution >= 4 is 22.7 Å². The lowest BCUT2D eigenvalue weighted by Gasteiger charge is -2.40. The summed E-state index contributed by atoms with van der Waals surface area (Å²) >= 11 is 0. The smallest absolute Gasteiger partial charge is 0.339 e. The second kappa shape index (κ2) is 4.19. The van der Waals surface area contributed by atoms with Crippen molar-refractivity contribution in [3.63, 3.8) is 0 Å². The zero-order valence-electron chi connectivity index (χ0n) is 11.9. The van der Waals surface area contributed by atoms with Gasteiger partial charge in [0, 0.05) is 18.8 Å². The number of aromatic carboxylic acids is 1.